The molecule has 2 rings (SSSR count). The minimum atomic E-state index is 0.681. The predicted octanol–water partition coefficient (Wildman–Crippen LogP) is -0.790. The van der Waals surface area contributed by atoms with Gasteiger partial charge in [0.15, 0.2) is 0 Å². The third-order valence-corrected chi connectivity index (χ3v) is 1.74. The van der Waals surface area contributed by atoms with E-state index < -0.39 is 0 Å². The Morgan fingerprint density at radius 2 is 2.31 bits per heavy atom. The topological polar surface area (TPSA) is 55.6 Å². The van der Waals surface area contributed by atoms with E-state index in [1.54, 1.807) is 13.3 Å². The molecule has 1 N–H and O–H groups in total. The van der Waals surface area contributed by atoms with E-state index in [0.29, 0.717) is 5.82 Å². The van der Waals surface area contributed by atoms with Crippen LogP contribution in [0.1, 0.15) is 0 Å². The molecule has 0 saturated carbocycles. The van der Waals surface area contributed by atoms with E-state index in [1.165, 1.54) is 6.33 Å². The zero-order valence-electron chi connectivity index (χ0n) is 7.23. The molecule has 0 aliphatic heterocycles. The van der Waals surface area contributed by atoms with Crippen molar-refractivity contribution in [1.82, 2.24) is 19.5 Å². The van der Waals surface area contributed by atoms with E-state index in [4.69, 9.17) is 0 Å². The van der Waals surface area contributed by atoms with Gasteiger partial charge in [0, 0.05) is 0 Å². The fourth-order valence-corrected chi connectivity index (χ4v) is 1.15. The van der Waals surface area contributed by atoms with Crippen LogP contribution < -0.4 is 5.23 Å². The van der Waals surface area contributed by atoms with Gasteiger partial charge in [0.2, 0.25) is 0 Å². The number of anilines is 1. The molecule has 7 heteroatoms. The molecule has 0 aliphatic carbocycles. The Bertz CT molecular complexity index is 451. The van der Waals surface area contributed by atoms with Gasteiger partial charge in [-0.05, 0) is 0 Å². The summed E-state index contributed by atoms with van der Waals surface area (Å²) in [6.07, 6.45) is 3.20. The first kappa shape index (κ1) is 8.10. The number of fused-ring (bicyclic) bond motifs is 1. The quantitative estimate of drug-likeness (QED) is 0.601. The Kier molecular flexibility index (Phi) is 1.92. The summed E-state index contributed by atoms with van der Waals surface area (Å²) < 4.78 is 1.84. The summed E-state index contributed by atoms with van der Waals surface area (Å²) in [5.74, 6) is 0.681. The van der Waals surface area contributed by atoms with Crippen LogP contribution in [0.25, 0.3) is 11.2 Å². The number of hydrogen-bond donors (Lipinski definition) is 1. The summed E-state index contributed by atoms with van der Waals surface area (Å²) in [4.78, 5) is 12.3. The third kappa shape index (κ3) is 1.26. The van der Waals surface area contributed by atoms with Crippen LogP contribution in [0.5, 0.6) is 0 Å². The number of aromatic nitrogens is 4. The first-order chi connectivity index (χ1) is 6.33. The molecule has 2 aromatic heterocycles. The van der Waals surface area contributed by atoms with Gasteiger partial charge in [0.1, 0.15) is 0 Å². The predicted molar refractivity (Wildman–Crippen MR) is 52.8 cm³/mol. The van der Waals surface area contributed by atoms with Crippen molar-refractivity contribution in [2.45, 2.75) is 0 Å². The Morgan fingerprint density at radius 1 is 1.46 bits per heavy atom. The normalized spacial score (nSPS) is 9.85. The summed E-state index contributed by atoms with van der Waals surface area (Å²) in [6, 6.07) is 0. The van der Waals surface area contributed by atoms with Gasteiger partial charge >= 0.3 is 75.7 Å². The zero-order valence-corrected chi connectivity index (χ0v) is 7.23. The molecule has 13 heavy (non-hydrogen) atoms. The molecule has 0 aromatic carbocycles. The average Bonchev–Trinajstić information content (AvgIpc) is 2.50. The van der Waals surface area contributed by atoms with Gasteiger partial charge in [-0.3, -0.25) is 0 Å². The van der Waals surface area contributed by atoms with Crippen LogP contribution in [0.3, 0.4) is 0 Å². The van der Waals surface area contributed by atoms with Crippen molar-refractivity contribution in [1.29, 1.82) is 0 Å². The summed E-state index contributed by atoms with van der Waals surface area (Å²) in [6.45, 7) is 1.57. The zero-order chi connectivity index (χ0) is 9.26. The van der Waals surface area contributed by atoms with E-state index in [1.807, 2.05) is 11.6 Å². The monoisotopic (exact) mass is 171 g/mol. The number of nitrogens with one attached hydrogen (secondary N) is 1. The number of nitrogens with zero attached hydrogens (tertiary/aromatic N) is 4. The second-order valence-electron chi connectivity index (χ2n) is 2.60. The van der Waals surface area contributed by atoms with E-state index in [9.17, 15) is 0 Å². The first-order valence-corrected chi connectivity index (χ1v) is 3.82. The Hall–Kier alpha value is -1.52. The number of rotatable bonds is 2. The minimum absolute atomic E-state index is 0.681. The molecular weight excluding hydrogens is 164 g/mol. The SMILES string of the molecule is B=BNc1ncnc2c1ncn2C. The summed E-state index contributed by atoms with van der Waals surface area (Å²) in [7, 11) is 5.45. The molecule has 2 aromatic rings. The molecule has 62 valence electrons. The van der Waals surface area contributed by atoms with Crippen molar-refractivity contribution in [3.63, 3.8) is 0 Å². The molecular formula is C6H7B2N5. The summed E-state index contributed by atoms with van der Waals surface area (Å²) in [5.41, 5.74) is 1.56. The van der Waals surface area contributed by atoms with Crippen molar-refractivity contribution in [3.8, 4) is 0 Å². The fraction of sp³-hybridized carbons (Fsp3) is 0.167. The van der Waals surface area contributed by atoms with Crippen molar-refractivity contribution >= 4 is 31.3 Å². The Morgan fingerprint density at radius 3 is 3.08 bits per heavy atom. The molecule has 0 aliphatic rings. The molecule has 2 heterocycles. The molecule has 0 spiro atoms. The van der Waals surface area contributed by atoms with Crippen molar-refractivity contribution in [2.24, 2.45) is 7.05 Å². The second kappa shape index (κ2) is 3.08. The van der Waals surface area contributed by atoms with Gasteiger partial charge in [-0.2, -0.15) is 0 Å². The van der Waals surface area contributed by atoms with Crippen LogP contribution in [0.15, 0.2) is 12.7 Å². The van der Waals surface area contributed by atoms with E-state index >= 15 is 0 Å². The van der Waals surface area contributed by atoms with Crippen molar-refractivity contribution in [2.75, 3.05) is 5.23 Å². The molecule has 0 bridgehead atoms. The molecule has 0 amide bonds. The first-order valence-electron chi connectivity index (χ1n) is 3.82. The molecule has 5 nitrogen and oxygen atoms in total. The summed E-state index contributed by atoms with van der Waals surface area (Å²) >= 11 is 0. The number of hydrogen-bond acceptors (Lipinski definition) is 4. The molecule has 0 unspecified atom stereocenters. The van der Waals surface area contributed by atoms with Gasteiger partial charge in [-0.25, -0.2) is 0 Å². The maximum absolute atomic E-state index is 4.16. The maximum atomic E-state index is 4.16. The van der Waals surface area contributed by atoms with Crippen LogP contribution in [-0.2, 0) is 7.05 Å². The number of imidazole rings is 1. The molecule has 0 fully saturated rings. The van der Waals surface area contributed by atoms with Crippen LogP contribution in [0.4, 0.5) is 5.82 Å². The van der Waals surface area contributed by atoms with Gasteiger partial charge in [0.05, 0.1) is 0 Å². The van der Waals surface area contributed by atoms with E-state index in [0.717, 1.165) is 11.2 Å². The third-order valence-electron chi connectivity index (χ3n) is 1.74. The van der Waals surface area contributed by atoms with Crippen molar-refractivity contribution in [3.05, 3.63) is 12.7 Å². The van der Waals surface area contributed by atoms with Gasteiger partial charge in [-0.1, -0.05) is 0 Å². The van der Waals surface area contributed by atoms with Crippen LogP contribution >= 0.6 is 0 Å². The van der Waals surface area contributed by atoms with Gasteiger partial charge < -0.3 is 0 Å². The van der Waals surface area contributed by atoms with Crippen LogP contribution in [0.2, 0.25) is 0 Å². The standard InChI is InChI=1S/C6H7B2N5/c1-13-3-11-4-5(12-8-7)9-2-10-6(4)13/h2-3,7H,1H3,(H,9,10,12). The Balaban J connectivity index is 2.69. The van der Waals surface area contributed by atoms with Crippen LogP contribution in [0, 0.1) is 0 Å². The van der Waals surface area contributed by atoms with E-state index in [2.05, 4.69) is 27.5 Å². The number of aryl methyl sites for hydroxylation is 1. The van der Waals surface area contributed by atoms with E-state index in [-0.39, 0.29) is 0 Å². The summed E-state index contributed by atoms with van der Waals surface area (Å²) in [5, 5.41) is 2.90. The molecule has 0 radical (unpaired) electrons. The van der Waals surface area contributed by atoms with Gasteiger partial charge in [-0.15, -0.1) is 0 Å². The van der Waals surface area contributed by atoms with Crippen molar-refractivity contribution < 1.29 is 0 Å². The second-order valence-corrected chi connectivity index (χ2v) is 2.60. The van der Waals surface area contributed by atoms with Crippen LogP contribution in [-0.4, -0.2) is 33.8 Å². The Labute approximate surface area is 76.5 Å². The average molecular weight is 171 g/mol. The molecule has 0 saturated heterocycles. The molecule has 0 atom stereocenters. The fourth-order valence-electron chi connectivity index (χ4n) is 1.15. The van der Waals surface area contributed by atoms with Gasteiger partial charge in [0.25, 0.3) is 0 Å².